The molecular formula is C27H33FN6O. The molecule has 1 spiro atoms. The highest BCUT2D eigenvalue weighted by atomic mass is 19.1. The SMILES string of the molecule is O=C1NCC2(CCCCC2)n2c1cc1cnc(NC3CCC(NCc4ccc(F)cc4)CC3)nc12. The summed E-state index contributed by atoms with van der Waals surface area (Å²) in [5.41, 5.74) is 2.63. The van der Waals surface area contributed by atoms with Gasteiger partial charge in [-0.25, -0.2) is 9.37 Å². The van der Waals surface area contributed by atoms with E-state index in [0.717, 1.165) is 61.7 Å². The largest absolute Gasteiger partial charge is 0.351 e. The molecule has 3 heterocycles. The van der Waals surface area contributed by atoms with Crippen LogP contribution in [0.5, 0.6) is 0 Å². The van der Waals surface area contributed by atoms with Gasteiger partial charge >= 0.3 is 0 Å². The molecule has 2 aliphatic carbocycles. The lowest BCUT2D eigenvalue weighted by Gasteiger charge is -2.42. The fourth-order valence-electron chi connectivity index (χ4n) is 6.22. The molecule has 3 aliphatic rings. The van der Waals surface area contributed by atoms with Crippen molar-refractivity contribution in [3.05, 3.63) is 53.6 Å². The van der Waals surface area contributed by atoms with Gasteiger partial charge in [0.2, 0.25) is 5.95 Å². The van der Waals surface area contributed by atoms with Crippen LogP contribution in [0.15, 0.2) is 36.5 Å². The number of nitrogens with zero attached hydrogens (tertiary/aromatic N) is 3. The Morgan fingerprint density at radius 2 is 1.80 bits per heavy atom. The minimum Gasteiger partial charge on any atom is -0.351 e. The van der Waals surface area contributed by atoms with E-state index in [1.165, 1.54) is 31.4 Å². The third kappa shape index (κ3) is 4.40. The lowest BCUT2D eigenvalue weighted by atomic mass is 9.80. The molecule has 35 heavy (non-hydrogen) atoms. The summed E-state index contributed by atoms with van der Waals surface area (Å²) < 4.78 is 15.3. The van der Waals surface area contributed by atoms with Gasteiger partial charge in [-0.3, -0.25) is 4.79 Å². The molecule has 1 amide bonds. The number of hydrogen-bond acceptors (Lipinski definition) is 5. The molecule has 1 aliphatic heterocycles. The molecule has 3 N–H and O–H groups in total. The van der Waals surface area contributed by atoms with Crippen LogP contribution in [0, 0.1) is 5.82 Å². The molecule has 1 aromatic carbocycles. The summed E-state index contributed by atoms with van der Waals surface area (Å²) >= 11 is 0. The molecule has 2 aromatic heterocycles. The Labute approximate surface area is 204 Å². The van der Waals surface area contributed by atoms with E-state index in [1.54, 1.807) is 0 Å². The van der Waals surface area contributed by atoms with Crippen LogP contribution in [0.2, 0.25) is 0 Å². The molecule has 2 fully saturated rings. The second-order valence-electron chi connectivity index (χ2n) is 10.5. The van der Waals surface area contributed by atoms with Gasteiger partial charge in [-0.15, -0.1) is 0 Å². The quantitative estimate of drug-likeness (QED) is 0.506. The van der Waals surface area contributed by atoms with Crippen molar-refractivity contribution in [3.63, 3.8) is 0 Å². The Morgan fingerprint density at radius 3 is 2.57 bits per heavy atom. The average Bonchev–Trinajstić information content (AvgIpc) is 3.28. The number of amides is 1. The number of hydrogen-bond donors (Lipinski definition) is 3. The van der Waals surface area contributed by atoms with Gasteiger partial charge in [0.05, 0.1) is 5.54 Å². The Kier molecular flexibility index (Phi) is 5.92. The highest BCUT2D eigenvalue weighted by molar-refractivity contribution is 5.99. The molecular weight excluding hydrogens is 443 g/mol. The van der Waals surface area contributed by atoms with E-state index in [4.69, 9.17) is 4.98 Å². The van der Waals surface area contributed by atoms with Crippen molar-refractivity contribution in [2.75, 3.05) is 11.9 Å². The van der Waals surface area contributed by atoms with Crippen molar-refractivity contribution in [2.45, 2.75) is 82.0 Å². The van der Waals surface area contributed by atoms with E-state index in [0.29, 0.717) is 30.3 Å². The molecule has 8 heteroatoms. The number of carbonyl (C=O) groups is 1. The van der Waals surface area contributed by atoms with Gasteiger partial charge in [-0.1, -0.05) is 31.4 Å². The minimum atomic E-state index is -0.196. The Morgan fingerprint density at radius 1 is 1.06 bits per heavy atom. The first-order valence-electron chi connectivity index (χ1n) is 13.0. The molecule has 3 aromatic rings. The van der Waals surface area contributed by atoms with E-state index >= 15 is 0 Å². The predicted molar refractivity (Wildman–Crippen MR) is 134 cm³/mol. The van der Waals surface area contributed by atoms with Gasteiger partial charge in [-0.05, 0) is 62.3 Å². The summed E-state index contributed by atoms with van der Waals surface area (Å²) in [7, 11) is 0. The van der Waals surface area contributed by atoms with Crippen LogP contribution in [0.3, 0.4) is 0 Å². The second kappa shape index (κ2) is 9.22. The number of aromatic nitrogens is 3. The van der Waals surface area contributed by atoms with Crippen LogP contribution in [0.4, 0.5) is 10.3 Å². The average molecular weight is 477 g/mol. The number of rotatable bonds is 5. The van der Waals surface area contributed by atoms with Crippen molar-refractivity contribution in [1.29, 1.82) is 0 Å². The minimum absolute atomic E-state index is 0.0137. The molecule has 0 bridgehead atoms. The third-order valence-electron chi connectivity index (χ3n) is 8.18. The first-order chi connectivity index (χ1) is 17.1. The topological polar surface area (TPSA) is 83.9 Å². The summed E-state index contributed by atoms with van der Waals surface area (Å²) in [6.07, 6.45) is 11.9. The number of benzene rings is 1. The summed E-state index contributed by atoms with van der Waals surface area (Å²) in [6.45, 7) is 1.45. The van der Waals surface area contributed by atoms with E-state index in [1.807, 2.05) is 24.4 Å². The molecule has 184 valence electrons. The van der Waals surface area contributed by atoms with Crippen LogP contribution in [0.1, 0.15) is 73.8 Å². The molecule has 2 saturated carbocycles. The number of fused-ring (bicyclic) bond motifs is 4. The number of carbonyl (C=O) groups excluding carboxylic acids is 1. The molecule has 0 unspecified atom stereocenters. The van der Waals surface area contributed by atoms with Crippen LogP contribution in [0.25, 0.3) is 11.0 Å². The maximum Gasteiger partial charge on any atom is 0.268 e. The van der Waals surface area contributed by atoms with Crippen molar-refractivity contribution < 1.29 is 9.18 Å². The summed E-state index contributed by atoms with van der Waals surface area (Å²) in [4.78, 5) is 22.2. The predicted octanol–water partition coefficient (Wildman–Crippen LogP) is 4.49. The normalized spacial score (nSPS) is 23.7. The number of nitrogens with one attached hydrogen (secondary N) is 3. The van der Waals surface area contributed by atoms with Crippen molar-refractivity contribution in [1.82, 2.24) is 25.2 Å². The highest BCUT2D eigenvalue weighted by Gasteiger charge is 2.41. The molecule has 6 rings (SSSR count). The number of halogens is 1. The van der Waals surface area contributed by atoms with Gasteiger partial charge in [0.15, 0.2) is 0 Å². The van der Waals surface area contributed by atoms with Gasteiger partial charge in [0.1, 0.15) is 17.2 Å². The summed E-state index contributed by atoms with van der Waals surface area (Å²) in [5.74, 6) is 0.441. The van der Waals surface area contributed by atoms with E-state index in [2.05, 4.69) is 25.5 Å². The molecule has 0 radical (unpaired) electrons. The lowest BCUT2D eigenvalue weighted by Crippen LogP contribution is -2.52. The van der Waals surface area contributed by atoms with E-state index < -0.39 is 0 Å². The van der Waals surface area contributed by atoms with Crippen LogP contribution >= 0.6 is 0 Å². The monoisotopic (exact) mass is 476 g/mol. The summed E-state index contributed by atoms with van der Waals surface area (Å²) in [5, 5.41) is 11.2. The lowest BCUT2D eigenvalue weighted by molar-refractivity contribution is 0.0833. The smallest absolute Gasteiger partial charge is 0.268 e. The van der Waals surface area contributed by atoms with E-state index in [-0.39, 0.29) is 17.3 Å². The fourth-order valence-corrected chi connectivity index (χ4v) is 6.22. The zero-order valence-electron chi connectivity index (χ0n) is 20.0. The number of anilines is 1. The van der Waals surface area contributed by atoms with Crippen LogP contribution < -0.4 is 16.0 Å². The third-order valence-corrected chi connectivity index (χ3v) is 8.18. The van der Waals surface area contributed by atoms with Crippen molar-refractivity contribution >= 4 is 22.9 Å². The maximum atomic E-state index is 13.1. The molecule has 0 atom stereocenters. The van der Waals surface area contributed by atoms with Crippen molar-refractivity contribution in [3.8, 4) is 0 Å². The van der Waals surface area contributed by atoms with E-state index in [9.17, 15) is 9.18 Å². The zero-order valence-corrected chi connectivity index (χ0v) is 20.0. The Balaban J connectivity index is 1.13. The fraction of sp³-hybridized carbons (Fsp3) is 0.519. The second-order valence-corrected chi connectivity index (χ2v) is 10.5. The van der Waals surface area contributed by atoms with Gasteiger partial charge in [-0.2, -0.15) is 4.98 Å². The van der Waals surface area contributed by atoms with Gasteiger partial charge in [0, 0.05) is 36.8 Å². The zero-order chi connectivity index (χ0) is 23.8. The highest BCUT2D eigenvalue weighted by Crippen LogP contribution is 2.40. The molecule has 0 saturated heterocycles. The van der Waals surface area contributed by atoms with Crippen LogP contribution in [-0.4, -0.2) is 39.1 Å². The summed E-state index contributed by atoms with van der Waals surface area (Å²) in [6, 6.07) is 9.44. The van der Waals surface area contributed by atoms with Gasteiger partial charge < -0.3 is 20.5 Å². The maximum absolute atomic E-state index is 13.1. The van der Waals surface area contributed by atoms with Crippen molar-refractivity contribution in [2.24, 2.45) is 0 Å². The Bertz CT molecular complexity index is 1210. The standard InChI is InChI=1S/C27H33FN6O/c28-20-6-4-18(5-7-20)15-29-21-8-10-22(11-9-21)32-26-30-16-19-14-23-25(35)31-17-27(12-2-1-3-13-27)34(23)24(19)33-26/h4-7,14,16,21-22,29H,1-3,8-13,15,17H2,(H,31,35)(H,30,32,33). The molecule has 7 nitrogen and oxygen atoms in total. The first kappa shape index (κ1) is 22.5. The van der Waals surface area contributed by atoms with Gasteiger partial charge in [0.25, 0.3) is 5.91 Å². The first-order valence-corrected chi connectivity index (χ1v) is 13.0. The van der Waals surface area contributed by atoms with Crippen LogP contribution in [-0.2, 0) is 12.1 Å². The Hall–Kier alpha value is -3.00.